The number of rotatable bonds is 5. The maximum atomic E-state index is 12.9. The van der Waals surface area contributed by atoms with Crippen molar-refractivity contribution >= 4 is 5.91 Å². The Morgan fingerprint density at radius 2 is 1.74 bits per heavy atom. The summed E-state index contributed by atoms with van der Waals surface area (Å²) in [5.41, 5.74) is 4.15. The van der Waals surface area contributed by atoms with Crippen LogP contribution in [0.5, 0.6) is 11.5 Å². The van der Waals surface area contributed by atoms with Gasteiger partial charge in [-0.1, -0.05) is 12.1 Å². The zero-order valence-electron chi connectivity index (χ0n) is 16.6. The van der Waals surface area contributed by atoms with Gasteiger partial charge in [-0.25, -0.2) is 0 Å². The summed E-state index contributed by atoms with van der Waals surface area (Å²) >= 11 is 0. The second-order valence-electron chi connectivity index (χ2n) is 6.99. The Balaban J connectivity index is 1.64. The quantitative estimate of drug-likeness (QED) is 0.812. The van der Waals surface area contributed by atoms with Crippen LogP contribution in [0.3, 0.4) is 0 Å². The summed E-state index contributed by atoms with van der Waals surface area (Å²) < 4.78 is 10.8. The van der Waals surface area contributed by atoms with Crippen molar-refractivity contribution in [2.75, 3.05) is 40.4 Å². The first kappa shape index (κ1) is 19.2. The van der Waals surface area contributed by atoms with Crippen LogP contribution in [0.2, 0.25) is 0 Å². The van der Waals surface area contributed by atoms with E-state index in [9.17, 15) is 4.79 Å². The van der Waals surface area contributed by atoms with E-state index in [2.05, 4.69) is 4.90 Å². The molecule has 2 aromatic carbocycles. The molecule has 0 aliphatic carbocycles. The third kappa shape index (κ3) is 4.25. The Hall–Kier alpha value is -2.53. The predicted molar refractivity (Wildman–Crippen MR) is 107 cm³/mol. The molecule has 1 amide bonds. The summed E-state index contributed by atoms with van der Waals surface area (Å²) in [5, 5.41) is 0. The van der Waals surface area contributed by atoms with Crippen molar-refractivity contribution in [2.24, 2.45) is 0 Å². The van der Waals surface area contributed by atoms with Gasteiger partial charge in [0.2, 0.25) is 0 Å². The molecule has 0 bridgehead atoms. The maximum absolute atomic E-state index is 12.9. The second-order valence-corrected chi connectivity index (χ2v) is 6.99. The Kier molecular flexibility index (Phi) is 6.01. The van der Waals surface area contributed by atoms with Crippen molar-refractivity contribution in [2.45, 2.75) is 20.4 Å². The van der Waals surface area contributed by atoms with E-state index in [0.717, 1.165) is 66.5 Å². The lowest BCUT2D eigenvalue weighted by molar-refractivity contribution is 0.0626. The van der Waals surface area contributed by atoms with E-state index in [1.807, 2.05) is 55.1 Å². The highest BCUT2D eigenvalue weighted by Crippen LogP contribution is 2.26. The number of hydrogen-bond acceptors (Lipinski definition) is 4. The predicted octanol–water partition coefficient (Wildman–Crippen LogP) is 3.28. The number of piperazine rings is 1. The van der Waals surface area contributed by atoms with E-state index in [4.69, 9.17) is 9.47 Å². The van der Waals surface area contributed by atoms with Gasteiger partial charge in [0.05, 0.1) is 14.2 Å². The standard InChI is InChI=1S/C22H28N2O3/c1-16-6-5-7-20(17(16)2)22(25)24-12-10-23(11-13-24)15-18-14-19(26-3)8-9-21(18)27-4/h5-9,14H,10-13,15H2,1-4H3. The fraction of sp³-hybridized carbons (Fsp3) is 0.409. The molecule has 0 aromatic heterocycles. The number of methoxy groups -OCH3 is 2. The van der Waals surface area contributed by atoms with Crippen molar-refractivity contribution in [1.29, 1.82) is 0 Å². The topological polar surface area (TPSA) is 42.0 Å². The first-order valence-corrected chi connectivity index (χ1v) is 9.32. The highest BCUT2D eigenvalue weighted by Gasteiger charge is 2.24. The molecule has 2 aromatic rings. The minimum atomic E-state index is 0.134. The summed E-state index contributed by atoms with van der Waals surface area (Å²) in [7, 11) is 3.36. The molecule has 5 nitrogen and oxygen atoms in total. The van der Waals surface area contributed by atoms with Gasteiger partial charge >= 0.3 is 0 Å². The molecule has 1 aliphatic rings. The van der Waals surface area contributed by atoms with Gasteiger partial charge in [-0.05, 0) is 49.2 Å². The summed E-state index contributed by atoms with van der Waals surface area (Å²) in [6.07, 6.45) is 0. The lowest BCUT2D eigenvalue weighted by atomic mass is 10.0. The largest absolute Gasteiger partial charge is 0.497 e. The maximum Gasteiger partial charge on any atom is 0.254 e. The molecule has 0 saturated carbocycles. The molecule has 144 valence electrons. The van der Waals surface area contributed by atoms with Crippen molar-refractivity contribution in [3.05, 3.63) is 58.7 Å². The second kappa shape index (κ2) is 8.44. The molecule has 3 rings (SSSR count). The fourth-order valence-electron chi connectivity index (χ4n) is 3.51. The van der Waals surface area contributed by atoms with Gasteiger partial charge in [-0.3, -0.25) is 9.69 Å². The molecule has 0 unspecified atom stereocenters. The van der Waals surface area contributed by atoms with Crippen molar-refractivity contribution < 1.29 is 14.3 Å². The molecule has 1 saturated heterocycles. The molecule has 1 heterocycles. The van der Waals surface area contributed by atoms with Crippen LogP contribution in [0.25, 0.3) is 0 Å². The Morgan fingerprint density at radius 3 is 2.41 bits per heavy atom. The third-order valence-electron chi connectivity index (χ3n) is 5.38. The monoisotopic (exact) mass is 368 g/mol. The van der Waals surface area contributed by atoms with E-state index < -0.39 is 0 Å². The van der Waals surface area contributed by atoms with Gasteiger partial charge in [0, 0.05) is 43.9 Å². The summed E-state index contributed by atoms with van der Waals surface area (Å²) in [6, 6.07) is 11.8. The Bertz CT molecular complexity index is 811. The van der Waals surface area contributed by atoms with Crippen molar-refractivity contribution in [1.82, 2.24) is 9.80 Å². The Morgan fingerprint density at radius 1 is 1.00 bits per heavy atom. The molecular weight excluding hydrogens is 340 g/mol. The molecule has 1 fully saturated rings. The van der Waals surface area contributed by atoms with Gasteiger partial charge in [-0.2, -0.15) is 0 Å². The normalized spacial score (nSPS) is 14.9. The van der Waals surface area contributed by atoms with E-state index in [1.54, 1.807) is 14.2 Å². The van der Waals surface area contributed by atoms with Crippen molar-refractivity contribution in [3.63, 3.8) is 0 Å². The lowest BCUT2D eigenvalue weighted by Crippen LogP contribution is -2.48. The molecule has 27 heavy (non-hydrogen) atoms. The minimum Gasteiger partial charge on any atom is -0.497 e. The molecule has 0 N–H and O–H groups in total. The summed E-state index contributed by atoms with van der Waals surface area (Å²) in [4.78, 5) is 17.2. The smallest absolute Gasteiger partial charge is 0.254 e. The van der Waals surface area contributed by atoms with Crippen LogP contribution in [-0.2, 0) is 6.54 Å². The number of aryl methyl sites for hydroxylation is 1. The van der Waals surface area contributed by atoms with Gasteiger partial charge in [-0.15, -0.1) is 0 Å². The molecule has 0 atom stereocenters. The van der Waals surface area contributed by atoms with Crippen LogP contribution >= 0.6 is 0 Å². The SMILES string of the molecule is COc1ccc(OC)c(CN2CCN(C(=O)c3cccc(C)c3C)CC2)c1. The number of benzene rings is 2. The first-order valence-electron chi connectivity index (χ1n) is 9.32. The highest BCUT2D eigenvalue weighted by molar-refractivity contribution is 5.96. The van der Waals surface area contributed by atoms with Crippen LogP contribution < -0.4 is 9.47 Å². The third-order valence-corrected chi connectivity index (χ3v) is 5.38. The number of nitrogens with zero attached hydrogens (tertiary/aromatic N) is 2. The van der Waals surface area contributed by atoms with Gasteiger partial charge < -0.3 is 14.4 Å². The first-order chi connectivity index (χ1) is 13.0. The minimum absolute atomic E-state index is 0.134. The van der Waals surface area contributed by atoms with E-state index in [-0.39, 0.29) is 5.91 Å². The van der Waals surface area contributed by atoms with Crippen LogP contribution in [-0.4, -0.2) is 56.1 Å². The van der Waals surface area contributed by atoms with Crippen LogP contribution in [0.1, 0.15) is 27.0 Å². The highest BCUT2D eigenvalue weighted by atomic mass is 16.5. The molecule has 0 spiro atoms. The van der Waals surface area contributed by atoms with Crippen molar-refractivity contribution in [3.8, 4) is 11.5 Å². The number of carbonyl (C=O) groups excluding carboxylic acids is 1. The molecule has 0 radical (unpaired) electrons. The van der Waals surface area contributed by atoms with Gasteiger partial charge in [0.25, 0.3) is 5.91 Å². The number of amides is 1. The fourth-order valence-corrected chi connectivity index (χ4v) is 3.51. The van der Waals surface area contributed by atoms with Crippen LogP contribution in [0.4, 0.5) is 0 Å². The average Bonchev–Trinajstić information content (AvgIpc) is 2.70. The number of ether oxygens (including phenoxy) is 2. The lowest BCUT2D eigenvalue weighted by Gasteiger charge is -2.35. The van der Waals surface area contributed by atoms with E-state index in [1.165, 1.54) is 0 Å². The van der Waals surface area contributed by atoms with E-state index >= 15 is 0 Å². The van der Waals surface area contributed by atoms with Gasteiger partial charge in [0.1, 0.15) is 11.5 Å². The van der Waals surface area contributed by atoms with Gasteiger partial charge in [0.15, 0.2) is 0 Å². The number of carbonyl (C=O) groups is 1. The number of hydrogen-bond donors (Lipinski definition) is 0. The van der Waals surface area contributed by atoms with Crippen LogP contribution in [0.15, 0.2) is 36.4 Å². The summed E-state index contributed by atoms with van der Waals surface area (Å²) in [6.45, 7) is 8.01. The summed E-state index contributed by atoms with van der Waals surface area (Å²) in [5.74, 6) is 1.83. The van der Waals surface area contributed by atoms with E-state index in [0.29, 0.717) is 0 Å². The molecule has 1 aliphatic heterocycles. The van der Waals surface area contributed by atoms with Crippen LogP contribution in [0, 0.1) is 13.8 Å². The zero-order chi connectivity index (χ0) is 19.4. The average molecular weight is 368 g/mol. The Labute approximate surface area is 161 Å². The molecule has 5 heteroatoms. The molecular formula is C22H28N2O3. The zero-order valence-corrected chi connectivity index (χ0v) is 16.6.